The number of aliphatic hydroxyl groups is 2. The molecule has 1 aromatic heterocycles. The average Bonchev–Trinajstić information content (AvgIpc) is 2.63. The number of carbonyl (C=O) groups excluding carboxylic acids is 1. The number of alkyl carbamates (subject to hydrolysis) is 1. The zero-order valence-corrected chi connectivity index (χ0v) is 14.5. The highest BCUT2D eigenvalue weighted by Gasteiger charge is 2.34. The van der Waals surface area contributed by atoms with E-state index in [1.807, 2.05) is 0 Å². The van der Waals surface area contributed by atoms with E-state index in [4.69, 9.17) is 16.3 Å². The van der Waals surface area contributed by atoms with Gasteiger partial charge in [0, 0.05) is 6.54 Å². The third-order valence-electron chi connectivity index (χ3n) is 3.48. The molecule has 0 bridgehead atoms. The van der Waals surface area contributed by atoms with Crippen LogP contribution in [-0.2, 0) is 17.5 Å². The van der Waals surface area contributed by atoms with Crippen molar-refractivity contribution in [2.75, 3.05) is 6.54 Å². The van der Waals surface area contributed by atoms with Crippen LogP contribution in [0.4, 0.5) is 18.0 Å². The zero-order valence-electron chi connectivity index (χ0n) is 13.8. The second-order valence-corrected chi connectivity index (χ2v) is 5.95. The number of carbonyl (C=O) groups is 1. The summed E-state index contributed by atoms with van der Waals surface area (Å²) in [7, 11) is 0. The normalized spacial score (nSPS) is 13.7. The van der Waals surface area contributed by atoms with Crippen molar-refractivity contribution in [2.24, 2.45) is 0 Å². The smallest absolute Gasteiger partial charge is 0.433 e. The largest absolute Gasteiger partial charge is 0.445 e. The molecule has 0 aliphatic carbocycles. The molecular weight excluding hydrogens is 389 g/mol. The van der Waals surface area contributed by atoms with Crippen molar-refractivity contribution in [1.29, 1.82) is 0 Å². The first-order chi connectivity index (χ1) is 12.7. The molecule has 0 aliphatic rings. The topological polar surface area (TPSA) is 91.7 Å². The van der Waals surface area contributed by atoms with Crippen molar-refractivity contribution < 1.29 is 32.9 Å². The maximum absolute atomic E-state index is 12.8. The molecule has 1 aromatic carbocycles. The quantitative estimate of drug-likeness (QED) is 0.644. The first kappa shape index (κ1) is 20.9. The van der Waals surface area contributed by atoms with Gasteiger partial charge in [-0.3, -0.25) is 0 Å². The molecule has 1 heterocycles. The molecule has 2 unspecified atom stereocenters. The third-order valence-corrected chi connectivity index (χ3v) is 3.67. The summed E-state index contributed by atoms with van der Waals surface area (Å²) >= 11 is 5.54. The van der Waals surface area contributed by atoms with E-state index in [9.17, 15) is 28.2 Å². The molecule has 0 saturated carbocycles. The van der Waals surface area contributed by atoms with Crippen molar-refractivity contribution >= 4 is 17.7 Å². The number of hydrogen-bond acceptors (Lipinski definition) is 5. The van der Waals surface area contributed by atoms with Gasteiger partial charge in [-0.2, -0.15) is 13.2 Å². The Morgan fingerprint density at radius 3 is 2.52 bits per heavy atom. The van der Waals surface area contributed by atoms with Crippen LogP contribution in [0.15, 0.2) is 42.5 Å². The molecule has 1 amide bonds. The Labute approximate surface area is 157 Å². The number of hydrogen-bond donors (Lipinski definition) is 3. The number of benzene rings is 1. The fourth-order valence-electron chi connectivity index (χ4n) is 2.13. The van der Waals surface area contributed by atoms with Crippen LogP contribution in [-0.4, -0.2) is 33.9 Å². The van der Waals surface area contributed by atoms with Gasteiger partial charge in [-0.25, -0.2) is 9.78 Å². The molecule has 0 radical (unpaired) electrons. The van der Waals surface area contributed by atoms with Crippen LogP contribution in [0.25, 0.3) is 0 Å². The van der Waals surface area contributed by atoms with Crippen molar-refractivity contribution in [1.82, 2.24) is 10.3 Å². The highest BCUT2D eigenvalue weighted by atomic mass is 35.5. The van der Waals surface area contributed by atoms with Crippen molar-refractivity contribution in [2.45, 2.75) is 25.0 Å². The van der Waals surface area contributed by atoms with Crippen LogP contribution in [0.1, 0.15) is 22.9 Å². The SMILES string of the molecule is O=C(NCC(O)C(O)c1cc(Cl)nc(C(F)(F)F)c1)OCc1ccccc1. The van der Waals surface area contributed by atoms with Crippen molar-refractivity contribution in [3.63, 3.8) is 0 Å². The minimum Gasteiger partial charge on any atom is -0.445 e. The van der Waals surface area contributed by atoms with Gasteiger partial charge in [-0.1, -0.05) is 41.9 Å². The summed E-state index contributed by atoms with van der Waals surface area (Å²) in [6, 6.07) is 10.4. The van der Waals surface area contributed by atoms with Crippen molar-refractivity contribution in [3.05, 3.63) is 64.4 Å². The summed E-state index contributed by atoms with van der Waals surface area (Å²) in [4.78, 5) is 14.7. The number of ether oxygens (including phenoxy) is 1. The van der Waals surface area contributed by atoms with E-state index in [1.165, 1.54) is 0 Å². The van der Waals surface area contributed by atoms with E-state index in [0.717, 1.165) is 11.6 Å². The maximum atomic E-state index is 12.8. The van der Waals surface area contributed by atoms with Crippen LogP contribution in [0.2, 0.25) is 5.15 Å². The lowest BCUT2D eigenvalue weighted by atomic mass is 10.0. The number of amides is 1. The molecule has 10 heteroatoms. The number of rotatable bonds is 6. The van der Waals surface area contributed by atoms with Crippen LogP contribution in [0.5, 0.6) is 0 Å². The molecule has 0 saturated heterocycles. The predicted molar refractivity (Wildman–Crippen MR) is 89.8 cm³/mol. The van der Waals surface area contributed by atoms with Gasteiger partial charge in [0.05, 0.1) is 0 Å². The lowest BCUT2D eigenvalue weighted by Gasteiger charge is -2.19. The van der Waals surface area contributed by atoms with Crippen LogP contribution < -0.4 is 5.32 Å². The number of nitrogens with zero attached hydrogens (tertiary/aromatic N) is 1. The van der Waals surface area contributed by atoms with E-state index >= 15 is 0 Å². The molecule has 27 heavy (non-hydrogen) atoms. The van der Waals surface area contributed by atoms with Gasteiger partial charge in [-0.15, -0.1) is 0 Å². The molecule has 0 fully saturated rings. The summed E-state index contributed by atoms with van der Waals surface area (Å²) in [6.45, 7) is -0.448. The summed E-state index contributed by atoms with van der Waals surface area (Å²) in [5, 5.41) is 21.7. The number of halogens is 4. The third kappa shape index (κ3) is 6.38. The Balaban J connectivity index is 1.90. The Bertz CT molecular complexity index is 775. The zero-order chi connectivity index (χ0) is 20.0. The Morgan fingerprint density at radius 1 is 1.22 bits per heavy atom. The van der Waals surface area contributed by atoms with E-state index in [-0.39, 0.29) is 12.2 Å². The molecule has 0 aliphatic heterocycles. The minimum absolute atomic E-state index is 0.000226. The van der Waals surface area contributed by atoms with Crippen LogP contribution in [0, 0.1) is 0 Å². The van der Waals surface area contributed by atoms with Crippen LogP contribution in [0.3, 0.4) is 0 Å². The number of aliphatic hydroxyl groups excluding tert-OH is 2. The molecular formula is C17H16ClF3N2O4. The van der Waals surface area contributed by atoms with E-state index in [2.05, 4.69) is 10.3 Å². The van der Waals surface area contributed by atoms with Gasteiger partial charge in [0.15, 0.2) is 0 Å². The highest BCUT2D eigenvalue weighted by Crippen LogP contribution is 2.31. The second kappa shape index (κ2) is 9.03. The predicted octanol–water partition coefficient (Wildman–Crippen LogP) is 3.07. The maximum Gasteiger partial charge on any atom is 0.433 e. The van der Waals surface area contributed by atoms with Gasteiger partial charge in [0.1, 0.15) is 29.7 Å². The molecule has 6 nitrogen and oxygen atoms in total. The molecule has 2 atom stereocenters. The Kier molecular flexibility index (Phi) is 7.00. The number of aromatic nitrogens is 1. The lowest BCUT2D eigenvalue weighted by Crippen LogP contribution is -2.35. The Morgan fingerprint density at radius 2 is 1.89 bits per heavy atom. The van der Waals surface area contributed by atoms with Gasteiger partial charge < -0.3 is 20.3 Å². The number of pyridine rings is 1. The van der Waals surface area contributed by atoms with Gasteiger partial charge >= 0.3 is 12.3 Å². The standard InChI is InChI=1S/C17H16ClF3N2O4/c18-14-7-11(6-13(23-14)17(19,20)21)15(25)12(24)8-22-16(26)27-9-10-4-2-1-3-5-10/h1-7,12,15,24-25H,8-9H2,(H,22,26). The summed E-state index contributed by atoms with van der Waals surface area (Å²) in [5.74, 6) is 0. The van der Waals surface area contributed by atoms with Gasteiger partial charge in [0.25, 0.3) is 0 Å². The first-order valence-corrected chi connectivity index (χ1v) is 8.10. The number of nitrogens with one attached hydrogen (secondary N) is 1. The Hall–Kier alpha value is -2.36. The van der Waals surface area contributed by atoms with Crippen molar-refractivity contribution in [3.8, 4) is 0 Å². The summed E-state index contributed by atoms with van der Waals surface area (Å²) in [5.41, 5.74) is -0.833. The van der Waals surface area contributed by atoms with E-state index in [0.29, 0.717) is 6.07 Å². The first-order valence-electron chi connectivity index (χ1n) is 7.72. The van der Waals surface area contributed by atoms with E-state index in [1.54, 1.807) is 30.3 Å². The second-order valence-electron chi connectivity index (χ2n) is 5.56. The molecule has 0 spiro atoms. The molecule has 146 valence electrons. The minimum atomic E-state index is -4.76. The molecule has 3 N–H and O–H groups in total. The average molecular weight is 405 g/mol. The lowest BCUT2D eigenvalue weighted by molar-refractivity contribution is -0.141. The molecule has 2 aromatic rings. The summed E-state index contributed by atoms with van der Waals surface area (Å²) < 4.78 is 43.2. The van der Waals surface area contributed by atoms with Gasteiger partial charge in [-0.05, 0) is 23.3 Å². The number of alkyl halides is 3. The van der Waals surface area contributed by atoms with Crippen LogP contribution >= 0.6 is 11.6 Å². The van der Waals surface area contributed by atoms with E-state index < -0.39 is 41.9 Å². The monoisotopic (exact) mass is 404 g/mol. The fraction of sp³-hybridized carbons (Fsp3) is 0.294. The summed E-state index contributed by atoms with van der Waals surface area (Å²) in [6.07, 6.45) is -8.92. The highest BCUT2D eigenvalue weighted by molar-refractivity contribution is 6.29. The fourth-order valence-corrected chi connectivity index (χ4v) is 2.35. The molecule has 2 rings (SSSR count). The van der Waals surface area contributed by atoms with Gasteiger partial charge in [0.2, 0.25) is 0 Å².